The molecule has 2 heterocycles. The molecular weight excluding hydrogens is 306 g/mol. The fourth-order valence-corrected chi connectivity index (χ4v) is 2.99. The van der Waals surface area contributed by atoms with Crippen LogP contribution in [0.25, 0.3) is 0 Å². The fourth-order valence-electron chi connectivity index (χ4n) is 2.11. The highest BCUT2D eigenvalue weighted by Crippen LogP contribution is 2.39. The van der Waals surface area contributed by atoms with Crippen molar-refractivity contribution in [2.24, 2.45) is 4.99 Å². The Bertz CT molecular complexity index is 575. The second kappa shape index (κ2) is 6.08. The SMILES string of the molecule is CCOC(=O)[C@]1(c2cccs2)OC=N[C@@H]1C(=O)OC(C)(C)C. The first-order valence-electron chi connectivity index (χ1n) is 6.95. The van der Waals surface area contributed by atoms with Gasteiger partial charge in [-0.25, -0.2) is 14.6 Å². The van der Waals surface area contributed by atoms with E-state index in [0.717, 1.165) is 6.40 Å². The molecule has 1 aromatic rings. The van der Waals surface area contributed by atoms with Crippen molar-refractivity contribution in [2.45, 2.75) is 44.9 Å². The van der Waals surface area contributed by atoms with E-state index in [4.69, 9.17) is 14.2 Å². The smallest absolute Gasteiger partial charge is 0.359 e. The van der Waals surface area contributed by atoms with Gasteiger partial charge in [-0.1, -0.05) is 6.07 Å². The minimum Gasteiger partial charge on any atom is -0.463 e. The average Bonchev–Trinajstić information content (AvgIpc) is 3.06. The van der Waals surface area contributed by atoms with Crippen LogP contribution in [0.4, 0.5) is 0 Å². The third-order valence-corrected chi connectivity index (χ3v) is 3.92. The van der Waals surface area contributed by atoms with Gasteiger partial charge in [0, 0.05) is 0 Å². The van der Waals surface area contributed by atoms with E-state index < -0.39 is 29.2 Å². The third-order valence-electron chi connectivity index (χ3n) is 2.93. The predicted molar refractivity (Wildman–Crippen MR) is 81.8 cm³/mol. The molecule has 0 saturated heterocycles. The van der Waals surface area contributed by atoms with E-state index in [-0.39, 0.29) is 6.61 Å². The summed E-state index contributed by atoms with van der Waals surface area (Å²) in [6.07, 6.45) is 1.12. The van der Waals surface area contributed by atoms with Gasteiger partial charge in [0.2, 0.25) is 6.04 Å². The van der Waals surface area contributed by atoms with E-state index in [1.165, 1.54) is 11.3 Å². The average molecular weight is 325 g/mol. The van der Waals surface area contributed by atoms with Crippen molar-refractivity contribution in [1.29, 1.82) is 0 Å². The van der Waals surface area contributed by atoms with Crippen molar-refractivity contribution in [3.8, 4) is 0 Å². The van der Waals surface area contributed by atoms with Gasteiger partial charge in [-0.05, 0) is 39.1 Å². The monoisotopic (exact) mass is 325 g/mol. The van der Waals surface area contributed by atoms with Gasteiger partial charge < -0.3 is 14.2 Å². The predicted octanol–water partition coefficient (Wildman–Crippen LogP) is 2.28. The molecule has 0 fully saturated rings. The van der Waals surface area contributed by atoms with Crippen LogP contribution in [-0.2, 0) is 29.4 Å². The van der Waals surface area contributed by atoms with Gasteiger partial charge in [0.25, 0.3) is 5.60 Å². The minimum absolute atomic E-state index is 0.177. The van der Waals surface area contributed by atoms with E-state index in [1.54, 1.807) is 45.2 Å². The number of carbonyl (C=O) groups excluding carboxylic acids is 2. The maximum absolute atomic E-state index is 12.5. The van der Waals surface area contributed by atoms with E-state index >= 15 is 0 Å². The Morgan fingerprint density at radius 2 is 2.18 bits per heavy atom. The van der Waals surface area contributed by atoms with Crippen molar-refractivity contribution < 1.29 is 23.8 Å². The number of hydrogen-bond donors (Lipinski definition) is 0. The number of aliphatic imine (C=N–C) groups is 1. The van der Waals surface area contributed by atoms with Gasteiger partial charge >= 0.3 is 11.9 Å². The van der Waals surface area contributed by atoms with Crippen LogP contribution in [0, 0.1) is 0 Å². The Kier molecular flexibility index (Phi) is 4.55. The Morgan fingerprint density at radius 3 is 2.73 bits per heavy atom. The molecule has 2 atom stereocenters. The van der Waals surface area contributed by atoms with Crippen molar-refractivity contribution in [3.05, 3.63) is 22.4 Å². The van der Waals surface area contributed by atoms with E-state index in [0.29, 0.717) is 4.88 Å². The zero-order valence-corrected chi connectivity index (χ0v) is 13.8. The van der Waals surface area contributed by atoms with Crippen LogP contribution >= 0.6 is 11.3 Å². The third kappa shape index (κ3) is 2.99. The maximum atomic E-state index is 12.5. The van der Waals surface area contributed by atoms with Crippen LogP contribution < -0.4 is 0 Å². The molecule has 0 saturated carbocycles. The number of rotatable bonds is 4. The summed E-state index contributed by atoms with van der Waals surface area (Å²) in [5.74, 6) is -1.27. The van der Waals surface area contributed by atoms with E-state index in [9.17, 15) is 9.59 Å². The zero-order valence-electron chi connectivity index (χ0n) is 13.0. The molecule has 1 aromatic heterocycles. The quantitative estimate of drug-likeness (QED) is 0.794. The lowest BCUT2D eigenvalue weighted by atomic mass is 9.92. The van der Waals surface area contributed by atoms with Crippen LogP contribution in [-0.4, -0.2) is 36.6 Å². The molecule has 0 spiro atoms. The molecule has 0 amide bonds. The molecule has 0 bridgehead atoms. The Balaban J connectivity index is 2.40. The zero-order chi connectivity index (χ0) is 16.4. The molecule has 0 N–H and O–H groups in total. The first kappa shape index (κ1) is 16.5. The summed E-state index contributed by atoms with van der Waals surface area (Å²) in [4.78, 5) is 29.6. The summed E-state index contributed by atoms with van der Waals surface area (Å²) in [6, 6.07) is 2.37. The van der Waals surface area contributed by atoms with Gasteiger partial charge in [-0.2, -0.15) is 0 Å². The first-order chi connectivity index (χ1) is 10.3. The number of ether oxygens (including phenoxy) is 3. The highest BCUT2D eigenvalue weighted by Gasteiger charge is 2.59. The standard InChI is InChI=1S/C15H19NO5S/c1-5-19-13(18)15(10-7-6-8-22-10)11(16-9-20-15)12(17)21-14(2,3)4/h6-9,11H,5H2,1-4H3/t11-,15-/m1/s1. The van der Waals surface area contributed by atoms with Crippen molar-refractivity contribution in [1.82, 2.24) is 0 Å². The van der Waals surface area contributed by atoms with Crippen molar-refractivity contribution >= 4 is 29.7 Å². The van der Waals surface area contributed by atoms with Crippen LogP contribution in [0.1, 0.15) is 32.6 Å². The molecule has 1 aliphatic heterocycles. The molecule has 22 heavy (non-hydrogen) atoms. The highest BCUT2D eigenvalue weighted by molar-refractivity contribution is 7.10. The molecule has 120 valence electrons. The van der Waals surface area contributed by atoms with Crippen LogP contribution in [0.3, 0.4) is 0 Å². The Hall–Kier alpha value is -1.89. The van der Waals surface area contributed by atoms with E-state index in [1.807, 2.05) is 0 Å². The van der Waals surface area contributed by atoms with Gasteiger partial charge in [-0.3, -0.25) is 0 Å². The van der Waals surface area contributed by atoms with Crippen LogP contribution in [0.15, 0.2) is 22.5 Å². The fraction of sp³-hybridized carbons (Fsp3) is 0.533. The molecule has 0 radical (unpaired) electrons. The summed E-state index contributed by atoms with van der Waals surface area (Å²) >= 11 is 1.30. The summed E-state index contributed by atoms with van der Waals surface area (Å²) in [7, 11) is 0. The maximum Gasteiger partial charge on any atom is 0.359 e. The van der Waals surface area contributed by atoms with Gasteiger partial charge in [0.1, 0.15) is 5.60 Å². The summed E-state index contributed by atoms with van der Waals surface area (Å²) in [5, 5.41) is 1.80. The first-order valence-corrected chi connectivity index (χ1v) is 7.82. The second-order valence-electron chi connectivity index (χ2n) is 5.74. The number of thiophene rings is 1. The van der Waals surface area contributed by atoms with E-state index in [2.05, 4.69) is 4.99 Å². The Labute approximate surface area is 133 Å². The van der Waals surface area contributed by atoms with Crippen LogP contribution in [0.5, 0.6) is 0 Å². The van der Waals surface area contributed by atoms with Gasteiger partial charge in [0.15, 0.2) is 6.40 Å². The lowest BCUT2D eigenvalue weighted by Crippen LogP contribution is -2.50. The summed E-state index contributed by atoms with van der Waals surface area (Å²) in [5.41, 5.74) is -2.29. The lowest BCUT2D eigenvalue weighted by Gasteiger charge is -2.30. The number of hydrogen-bond acceptors (Lipinski definition) is 7. The molecule has 0 aliphatic carbocycles. The molecule has 0 aromatic carbocycles. The minimum atomic E-state index is -1.60. The molecule has 0 unspecified atom stereocenters. The number of carbonyl (C=O) groups is 2. The van der Waals surface area contributed by atoms with Crippen molar-refractivity contribution in [3.63, 3.8) is 0 Å². The van der Waals surface area contributed by atoms with Crippen molar-refractivity contribution in [2.75, 3.05) is 6.61 Å². The molecular formula is C15H19NO5S. The highest BCUT2D eigenvalue weighted by atomic mass is 32.1. The molecule has 6 nitrogen and oxygen atoms in total. The molecule has 7 heteroatoms. The topological polar surface area (TPSA) is 74.2 Å². The number of nitrogens with zero attached hydrogens (tertiary/aromatic N) is 1. The number of esters is 2. The second-order valence-corrected chi connectivity index (χ2v) is 6.69. The molecule has 1 aliphatic rings. The summed E-state index contributed by atoms with van der Waals surface area (Å²) in [6.45, 7) is 7.12. The Morgan fingerprint density at radius 1 is 1.45 bits per heavy atom. The normalized spacial score (nSPS) is 23.9. The largest absolute Gasteiger partial charge is 0.463 e. The van der Waals surface area contributed by atoms with Gasteiger partial charge in [0.05, 0.1) is 11.5 Å². The molecule has 2 rings (SSSR count). The van der Waals surface area contributed by atoms with Gasteiger partial charge in [-0.15, -0.1) is 11.3 Å². The lowest BCUT2D eigenvalue weighted by molar-refractivity contribution is -0.175. The summed E-state index contributed by atoms with van der Waals surface area (Å²) < 4.78 is 16.0. The van der Waals surface area contributed by atoms with Crippen LogP contribution in [0.2, 0.25) is 0 Å².